The van der Waals surface area contributed by atoms with Gasteiger partial charge in [-0.3, -0.25) is 15.1 Å². The molecule has 0 atom stereocenters. The van der Waals surface area contributed by atoms with Gasteiger partial charge in [-0.2, -0.15) is 0 Å². The van der Waals surface area contributed by atoms with Crippen LogP contribution in [-0.4, -0.2) is 23.1 Å². The molecule has 102 valence electrons. The first-order valence-corrected chi connectivity index (χ1v) is 6.18. The number of nitrogens with zero attached hydrogens (tertiary/aromatic N) is 2. The standard InChI is InChI=1S/C14H12N2O4/c17-16(18)12-3-1-10(2-4-12)11-5-6-15-13(9-11)14-19-7-8-20-14/h1-6,9,14H,7-8H2. The van der Waals surface area contributed by atoms with E-state index in [1.807, 2.05) is 12.1 Å². The minimum absolute atomic E-state index is 0.0745. The molecule has 0 aliphatic carbocycles. The topological polar surface area (TPSA) is 74.5 Å². The smallest absolute Gasteiger partial charge is 0.269 e. The number of benzene rings is 1. The molecule has 1 fully saturated rings. The van der Waals surface area contributed by atoms with Crippen molar-refractivity contribution in [3.05, 3.63) is 58.4 Å². The molecule has 6 heteroatoms. The average molecular weight is 272 g/mol. The van der Waals surface area contributed by atoms with Gasteiger partial charge in [-0.05, 0) is 35.4 Å². The summed E-state index contributed by atoms with van der Waals surface area (Å²) >= 11 is 0. The lowest BCUT2D eigenvalue weighted by molar-refractivity contribution is -0.384. The minimum Gasteiger partial charge on any atom is -0.345 e. The molecule has 2 heterocycles. The van der Waals surface area contributed by atoms with E-state index in [1.54, 1.807) is 18.3 Å². The van der Waals surface area contributed by atoms with E-state index in [4.69, 9.17) is 9.47 Å². The van der Waals surface area contributed by atoms with Crippen molar-refractivity contribution in [1.29, 1.82) is 0 Å². The van der Waals surface area contributed by atoms with Crippen LogP contribution in [-0.2, 0) is 9.47 Å². The minimum atomic E-state index is -0.423. The Balaban J connectivity index is 1.89. The number of aromatic nitrogens is 1. The Morgan fingerprint density at radius 2 is 1.80 bits per heavy atom. The van der Waals surface area contributed by atoms with Crippen LogP contribution in [0.4, 0.5) is 5.69 Å². The third-order valence-electron chi connectivity index (χ3n) is 3.06. The average Bonchev–Trinajstić information content (AvgIpc) is 3.02. The van der Waals surface area contributed by atoms with Crippen LogP contribution in [0.5, 0.6) is 0 Å². The van der Waals surface area contributed by atoms with Gasteiger partial charge in [0.2, 0.25) is 6.29 Å². The van der Waals surface area contributed by atoms with E-state index < -0.39 is 11.2 Å². The van der Waals surface area contributed by atoms with E-state index in [0.29, 0.717) is 18.9 Å². The van der Waals surface area contributed by atoms with E-state index >= 15 is 0 Å². The van der Waals surface area contributed by atoms with Gasteiger partial charge in [-0.25, -0.2) is 0 Å². The zero-order chi connectivity index (χ0) is 13.9. The molecule has 1 saturated heterocycles. The van der Waals surface area contributed by atoms with Crippen molar-refractivity contribution >= 4 is 5.69 Å². The van der Waals surface area contributed by atoms with Crippen molar-refractivity contribution < 1.29 is 14.4 Å². The molecule has 0 spiro atoms. The Labute approximate surface area is 115 Å². The number of nitro benzene ring substituents is 1. The second-order valence-electron chi connectivity index (χ2n) is 4.35. The number of rotatable bonds is 3. The fourth-order valence-corrected chi connectivity index (χ4v) is 2.06. The lowest BCUT2D eigenvalue weighted by atomic mass is 10.1. The van der Waals surface area contributed by atoms with Crippen molar-refractivity contribution in [2.45, 2.75) is 6.29 Å². The maximum absolute atomic E-state index is 10.6. The SMILES string of the molecule is O=[N+]([O-])c1ccc(-c2ccnc(C3OCCO3)c2)cc1. The highest BCUT2D eigenvalue weighted by atomic mass is 16.7. The second kappa shape index (κ2) is 5.36. The van der Waals surface area contributed by atoms with Gasteiger partial charge in [0.25, 0.3) is 5.69 Å². The van der Waals surface area contributed by atoms with Crippen LogP contribution >= 0.6 is 0 Å². The lowest BCUT2D eigenvalue weighted by Gasteiger charge is -2.09. The fourth-order valence-electron chi connectivity index (χ4n) is 2.06. The van der Waals surface area contributed by atoms with Crippen molar-refractivity contribution in [2.24, 2.45) is 0 Å². The van der Waals surface area contributed by atoms with Crippen molar-refractivity contribution in [3.8, 4) is 11.1 Å². The number of hydrogen-bond donors (Lipinski definition) is 0. The Hall–Kier alpha value is -2.31. The van der Waals surface area contributed by atoms with Gasteiger partial charge in [0.05, 0.1) is 23.8 Å². The third-order valence-corrected chi connectivity index (χ3v) is 3.06. The summed E-state index contributed by atoms with van der Waals surface area (Å²) in [6, 6.07) is 10.1. The Morgan fingerprint density at radius 1 is 1.10 bits per heavy atom. The van der Waals surface area contributed by atoms with Crippen LogP contribution in [0.15, 0.2) is 42.6 Å². The molecule has 0 radical (unpaired) electrons. The number of pyridine rings is 1. The molecule has 6 nitrogen and oxygen atoms in total. The zero-order valence-corrected chi connectivity index (χ0v) is 10.6. The fraction of sp³-hybridized carbons (Fsp3) is 0.214. The summed E-state index contributed by atoms with van der Waals surface area (Å²) in [6.45, 7) is 1.13. The van der Waals surface area contributed by atoms with Crippen molar-refractivity contribution in [2.75, 3.05) is 13.2 Å². The first-order valence-electron chi connectivity index (χ1n) is 6.18. The molecule has 20 heavy (non-hydrogen) atoms. The van der Waals surface area contributed by atoms with Gasteiger partial charge >= 0.3 is 0 Å². The van der Waals surface area contributed by atoms with Crippen LogP contribution in [0.3, 0.4) is 0 Å². The Morgan fingerprint density at radius 3 is 2.45 bits per heavy atom. The van der Waals surface area contributed by atoms with E-state index in [1.165, 1.54) is 12.1 Å². The van der Waals surface area contributed by atoms with Crippen molar-refractivity contribution in [3.63, 3.8) is 0 Å². The zero-order valence-electron chi connectivity index (χ0n) is 10.6. The molecular weight excluding hydrogens is 260 g/mol. The predicted octanol–water partition coefficient (Wildman–Crippen LogP) is 2.70. The van der Waals surface area contributed by atoms with E-state index in [0.717, 1.165) is 11.1 Å². The summed E-state index contributed by atoms with van der Waals surface area (Å²) in [5.74, 6) is 0. The van der Waals surface area contributed by atoms with E-state index in [9.17, 15) is 10.1 Å². The maximum atomic E-state index is 10.6. The molecule has 0 amide bonds. The molecule has 1 aromatic heterocycles. The van der Waals surface area contributed by atoms with Gasteiger partial charge in [-0.15, -0.1) is 0 Å². The quantitative estimate of drug-likeness (QED) is 0.634. The normalized spacial score (nSPS) is 15.4. The molecular formula is C14H12N2O4. The van der Waals surface area contributed by atoms with Crippen molar-refractivity contribution in [1.82, 2.24) is 4.98 Å². The Kier molecular flexibility index (Phi) is 3.41. The highest BCUT2D eigenvalue weighted by Gasteiger charge is 2.19. The molecule has 0 bridgehead atoms. The van der Waals surface area contributed by atoms with Crippen LogP contribution < -0.4 is 0 Å². The first-order chi connectivity index (χ1) is 9.74. The number of ether oxygens (including phenoxy) is 2. The second-order valence-corrected chi connectivity index (χ2v) is 4.35. The summed E-state index contributed by atoms with van der Waals surface area (Å²) in [6.07, 6.45) is 1.25. The molecule has 1 aromatic carbocycles. The van der Waals surface area contributed by atoms with Gasteiger partial charge in [0.1, 0.15) is 0 Å². The van der Waals surface area contributed by atoms with Crippen LogP contribution in [0.1, 0.15) is 12.0 Å². The Bertz CT molecular complexity index is 621. The molecule has 2 aromatic rings. The van der Waals surface area contributed by atoms with Gasteiger partial charge < -0.3 is 9.47 Å². The van der Waals surface area contributed by atoms with Gasteiger partial charge in [-0.1, -0.05) is 0 Å². The van der Waals surface area contributed by atoms with Gasteiger partial charge in [0.15, 0.2) is 0 Å². The summed E-state index contributed by atoms with van der Waals surface area (Å²) in [5, 5.41) is 10.6. The van der Waals surface area contributed by atoms with Crippen LogP contribution in [0.25, 0.3) is 11.1 Å². The molecule has 0 N–H and O–H groups in total. The number of non-ortho nitro benzene ring substituents is 1. The largest absolute Gasteiger partial charge is 0.345 e. The summed E-state index contributed by atoms with van der Waals surface area (Å²) < 4.78 is 10.8. The first kappa shape index (κ1) is 12.7. The molecule has 3 rings (SSSR count). The van der Waals surface area contributed by atoms with E-state index in [-0.39, 0.29) is 5.69 Å². The highest BCUT2D eigenvalue weighted by Crippen LogP contribution is 2.27. The maximum Gasteiger partial charge on any atom is 0.269 e. The number of nitro groups is 1. The molecule has 1 aliphatic rings. The monoisotopic (exact) mass is 272 g/mol. The highest BCUT2D eigenvalue weighted by molar-refractivity contribution is 5.64. The predicted molar refractivity (Wildman–Crippen MR) is 71.0 cm³/mol. The van der Waals surface area contributed by atoms with E-state index in [2.05, 4.69) is 4.98 Å². The summed E-state index contributed by atoms with van der Waals surface area (Å²) in [5.41, 5.74) is 2.59. The lowest BCUT2D eigenvalue weighted by Crippen LogP contribution is -2.01. The summed E-state index contributed by atoms with van der Waals surface area (Å²) in [7, 11) is 0. The molecule has 0 unspecified atom stereocenters. The van der Waals surface area contributed by atoms with Crippen LogP contribution in [0.2, 0.25) is 0 Å². The summed E-state index contributed by atoms with van der Waals surface area (Å²) in [4.78, 5) is 14.5. The molecule has 0 saturated carbocycles. The van der Waals surface area contributed by atoms with Gasteiger partial charge in [0, 0.05) is 18.3 Å². The molecule has 1 aliphatic heterocycles. The van der Waals surface area contributed by atoms with Crippen LogP contribution in [0, 0.1) is 10.1 Å². The number of hydrogen-bond acceptors (Lipinski definition) is 5. The third kappa shape index (κ3) is 2.52.